The van der Waals surface area contributed by atoms with Crippen LogP contribution in [0.15, 0.2) is 36.7 Å². The number of hydrogen-bond acceptors (Lipinski definition) is 5. The van der Waals surface area contributed by atoms with Crippen LogP contribution in [-0.4, -0.2) is 35.1 Å². The van der Waals surface area contributed by atoms with Crippen LogP contribution in [0.25, 0.3) is 0 Å². The van der Waals surface area contributed by atoms with Crippen LogP contribution in [0, 0.1) is 5.92 Å². The third-order valence-corrected chi connectivity index (χ3v) is 6.04. The van der Waals surface area contributed by atoms with Crippen molar-refractivity contribution in [2.45, 2.75) is 57.3 Å². The highest BCUT2D eigenvalue weighted by Gasteiger charge is 2.37. The highest BCUT2D eigenvalue weighted by atomic mass is 19.4. The number of carbonyl (C=O) groups is 1. The Morgan fingerprint density at radius 2 is 1.94 bits per heavy atom. The summed E-state index contributed by atoms with van der Waals surface area (Å²) in [5.74, 6) is -0.125. The van der Waals surface area contributed by atoms with E-state index in [-0.39, 0.29) is 24.4 Å². The molecule has 0 aromatic carbocycles. The van der Waals surface area contributed by atoms with E-state index in [0.717, 1.165) is 24.5 Å². The van der Waals surface area contributed by atoms with Gasteiger partial charge in [0.1, 0.15) is 11.9 Å². The first kappa shape index (κ1) is 22.4. The predicted molar refractivity (Wildman–Crippen MR) is 113 cm³/mol. The van der Waals surface area contributed by atoms with Crippen LogP contribution in [0.2, 0.25) is 0 Å². The van der Waals surface area contributed by atoms with Gasteiger partial charge >= 0.3 is 6.18 Å². The summed E-state index contributed by atoms with van der Waals surface area (Å²) in [7, 11) is 0. The average molecular weight is 448 g/mol. The minimum Gasteiger partial charge on any atom is -0.474 e. The van der Waals surface area contributed by atoms with Gasteiger partial charge in [-0.2, -0.15) is 13.2 Å². The van der Waals surface area contributed by atoms with Crippen molar-refractivity contribution >= 4 is 11.7 Å². The summed E-state index contributed by atoms with van der Waals surface area (Å²) in [4.78, 5) is 22.5. The minimum absolute atomic E-state index is 0.111. The molecule has 1 N–H and O–H groups in total. The van der Waals surface area contributed by atoms with Gasteiger partial charge in [0, 0.05) is 38.1 Å². The maximum Gasteiger partial charge on any atom is 0.419 e. The van der Waals surface area contributed by atoms with Crippen molar-refractivity contribution < 1.29 is 22.7 Å². The number of alkyl halides is 3. The Hall–Kier alpha value is -2.84. The molecule has 0 spiro atoms. The van der Waals surface area contributed by atoms with Gasteiger partial charge in [-0.25, -0.2) is 9.97 Å². The number of halogens is 3. The van der Waals surface area contributed by atoms with Crippen molar-refractivity contribution in [1.29, 1.82) is 0 Å². The van der Waals surface area contributed by atoms with E-state index < -0.39 is 17.7 Å². The average Bonchev–Trinajstić information content (AvgIpc) is 3.30. The molecule has 2 aliphatic rings. The normalized spacial score (nSPS) is 19.7. The second-order valence-corrected chi connectivity index (χ2v) is 8.40. The third kappa shape index (κ3) is 5.49. The van der Waals surface area contributed by atoms with Crippen LogP contribution in [0.4, 0.5) is 19.0 Å². The molecule has 172 valence electrons. The number of carbonyl (C=O) groups excluding carboxylic acids is 1. The molecule has 4 rings (SSSR count). The van der Waals surface area contributed by atoms with Crippen molar-refractivity contribution in [3.8, 4) is 5.88 Å². The Balaban J connectivity index is 1.35. The molecule has 1 unspecified atom stereocenters. The summed E-state index contributed by atoms with van der Waals surface area (Å²) >= 11 is 0. The van der Waals surface area contributed by atoms with E-state index >= 15 is 0 Å². The molecule has 2 fully saturated rings. The number of rotatable bonds is 6. The Bertz CT molecular complexity index is 931. The van der Waals surface area contributed by atoms with Gasteiger partial charge in [-0.1, -0.05) is 0 Å². The zero-order chi connectivity index (χ0) is 22.6. The van der Waals surface area contributed by atoms with Gasteiger partial charge < -0.3 is 15.0 Å². The molecule has 32 heavy (non-hydrogen) atoms. The van der Waals surface area contributed by atoms with Crippen molar-refractivity contribution in [3.63, 3.8) is 0 Å². The van der Waals surface area contributed by atoms with Crippen molar-refractivity contribution in [1.82, 2.24) is 15.3 Å². The van der Waals surface area contributed by atoms with E-state index in [4.69, 9.17) is 4.74 Å². The summed E-state index contributed by atoms with van der Waals surface area (Å²) in [6, 6.07) is 5.95. The SMILES string of the molecule is O=C(NCc1ccnc(OC2CCCC2)c1)C1CCCN(c2ncccc2C(F)(F)F)C1. The zero-order valence-corrected chi connectivity index (χ0v) is 17.8. The topological polar surface area (TPSA) is 67.3 Å². The second-order valence-electron chi connectivity index (χ2n) is 8.40. The number of nitrogens with one attached hydrogen (secondary N) is 1. The molecule has 0 bridgehead atoms. The highest BCUT2D eigenvalue weighted by Crippen LogP contribution is 2.36. The molecule has 9 heteroatoms. The lowest BCUT2D eigenvalue weighted by atomic mass is 9.96. The first-order valence-electron chi connectivity index (χ1n) is 11.1. The van der Waals surface area contributed by atoms with E-state index in [0.29, 0.717) is 31.8 Å². The van der Waals surface area contributed by atoms with Crippen LogP contribution in [0.1, 0.15) is 49.7 Å². The molecule has 1 saturated carbocycles. The number of nitrogens with zero attached hydrogens (tertiary/aromatic N) is 3. The van der Waals surface area contributed by atoms with Crippen molar-refractivity contribution in [3.05, 3.63) is 47.8 Å². The van der Waals surface area contributed by atoms with Gasteiger partial charge in [0.25, 0.3) is 0 Å². The molecule has 6 nitrogen and oxygen atoms in total. The number of amides is 1. The second kappa shape index (κ2) is 9.75. The summed E-state index contributed by atoms with van der Waals surface area (Å²) in [6.07, 6.45) is 4.39. The monoisotopic (exact) mass is 448 g/mol. The van der Waals surface area contributed by atoms with E-state index in [1.165, 1.54) is 25.1 Å². The lowest BCUT2D eigenvalue weighted by Crippen LogP contribution is -2.43. The van der Waals surface area contributed by atoms with Gasteiger partial charge in [0.05, 0.1) is 11.5 Å². The van der Waals surface area contributed by atoms with Crippen LogP contribution < -0.4 is 15.0 Å². The lowest BCUT2D eigenvalue weighted by Gasteiger charge is -2.34. The van der Waals surface area contributed by atoms with Crippen molar-refractivity contribution in [2.24, 2.45) is 5.92 Å². The fraction of sp³-hybridized carbons (Fsp3) is 0.522. The predicted octanol–water partition coefficient (Wildman–Crippen LogP) is 4.35. The van der Waals surface area contributed by atoms with Gasteiger partial charge in [-0.3, -0.25) is 4.79 Å². The van der Waals surface area contributed by atoms with E-state index in [1.54, 1.807) is 11.1 Å². The third-order valence-electron chi connectivity index (χ3n) is 6.04. The molecule has 1 atom stereocenters. The number of piperidine rings is 1. The largest absolute Gasteiger partial charge is 0.474 e. The molecule has 1 saturated heterocycles. The van der Waals surface area contributed by atoms with Crippen molar-refractivity contribution in [2.75, 3.05) is 18.0 Å². The summed E-state index contributed by atoms with van der Waals surface area (Å²) in [6.45, 7) is 0.963. The molecule has 2 aromatic rings. The Labute approximate surface area is 185 Å². The Morgan fingerprint density at radius 1 is 1.12 bits per heavy atom. The number of ether oxygens (including phenoxy) is 1. The van der Waals surface area contributed by atoms with Gasteiger partial charge in [0.15, 0.2) is 0 Å². The lowest BCUT2D eigenvalue weighted by molar-refractivity contribution is -0.137. The molecule has 1 aliphatic heterocycles. The van der Waals surface area contributed by atoms with E-state index in [2.05, 4.69) is 15.3 Å². The molecular formula is C23H27F3N4O2. The smallest absolute Gasteiger partial charge is 0.419 e. The molecule has 3 heterocycles. The standard InChI is InChI=1S/C23H27F3N4O2/c24-23(25,26)19-8-3-10-28-21(19)30-12-4-5-17(15-30)22(31)29-14-16-9-11-27-20(13-16)32-18-6-1-2-7-18/h3,8-11,13,17-18H,1-2,4-7,12,14-15H2,(H,29,31). The van der Waals surface area contributed by atoms with Crippen LogP contribution in [0.3, 0.4) is 0 Å². The minimum atomic E-state index is -4.49. The zero-order valence-electron chi connectivity index (χ0n) is 17.8. The number of anilines is 1. The molecular weight excluding hydrogens is 421 g/mol. The number of hydrogen-bond donors (Lipinski definition) is 1. The maximum absolute atomic E-state index is 13.4. The van der Waals surface area contributed by atoms with E-state index in [9.17, 15) is 18.0 Å². The van der Waals surface area contributed by atoms with E-state index in [1.807, 2.05) is 12.1 Å². The number of aromatic nitrogens is 2. The fourth-order valence-electron chi connectivity index (χ4n) is 4.39. The van der Waals surface area contributed by atoms with Gasteiger partial charge in [-0.15, -0.1) is 0 Å². The first-order chi connectivity index (χ1) is 15.4. The summed E-state index contributed by atoms with van der Waals surface area (Å²) in [5.41, 5.74) is 0.103. The van der Waals surface area contributed by atoms with Gasteiger partial charge in [0.2, 0.25) is 11.8 Å². The number of pyridine rings is 2. The summed E-state index contributed by atoms with van der Waals surface area (Å²) < 4.78 is 46.0. The Morgan fingerprint density at radius 3 is 2.72 bits per heavy atom. The van der Waals surface area contributed by atoms with Crippen LogP contribution >= 0.6 is 0 Å². The first-order valence-corrected chi connectivity index (χ1v) is 11.1. The maximum atomic E-state index is 13.4. The highest BCUT2D eigenvalue weighted by molar-refractivity contribution is 5.79. The van der Waals surface area contributed by atoms with Crippen LogP contribution in [-0.2, 0) is 17.5 Å². The molecule has 1 aliphatic carbocycles. The molecule has 2 aromatic heterocycles. The quantitative estimate of drug-likeness (QED) is 0.712. The Kier molecular flexibility index (Phi) is 6.81. The fourth-order valence-corrected chi connectivity index (χ4v) is 4.39. The molecule has 1 amide bonds. The van der Waals surface area contributed by atoms with Gasteiger partial charge in [-0.05, 0) is 62.3 Å². The van der Waals surface area contributed by atoms with Crippen LogP contribution in [0.5, 0.6) is 5.88 Å². The summed E-state index contributed by atoms with van der Waals surface area (Å²) in [5, 5.41) is 2.91. The molecule has 0 radical (unpaired) electrons.